The van der Waals surface area contributed by atoms with Crippen LogP contribution in [0.5, 0.6) is 0 Å². The molecule has 3 rings (SSSR count). The zero-order valence-electron chi connectivity index (χ0n) is 16.7. The molecule has 6 nitrogen and oxygen atoms in total. The fourth-order valence-corrected chi connectivity index (χ4v) is 3.96. The van der Waals surface area contributed by atoms with Gasteiger partial charge in [0.1, 0.15) is 0 Å². The zero-order chi connectivity index (χ0) is 22.4. The predicted octanol–water partition coefficient (Wildman–Crippen LogP) is 4.08. The third-order valence-electron chi connectivity index (χ3n) is 4.57. The van der Waals surface area contributed by atoms with Crippen molar-refractivity contribution in [1.29, 1.82) is 0 Å². The number of carbonyl (C=O) groups excluding carboxylic acids is 1. The first-order chi connectivity index (χ1) is 14.8. The molecule has 31 heavy (non-hydrogen) atoms. The largest absolute Gasteiger partial charge is 0.352 e. The van der Waals surface area contributed by atoms with Crippen molar-refractivity contribution in [3.05, 3.63) is 87.7 Å². The van der Waals surface area contributed by atoms with Gasteiger partial charge in [-0.25, -0.2) is 13.1 Å². The van der Waals surface area contributed by atoms with Gasteiger partial charge in [-0.15, -0.1) is 0 Å². The van der Waals surface area contributed by atoms with Crippen molar-refractivity contribution in [2.45, 2.75) is 13.0 Å². The first-order valence-corrected chi connectivity index (χ1v) is 12.1. The van der Waals surface area contributed by atoms with Gasteiger partial charge >= 0.3 is 0 Å². The summed E-state index contributed by atoms with van der Waals surface area (Å²) in [6.45, 7) is 0.484. The lowest BCUT2D eigenvalue weighted by atomic mass is 9.98. The molecule has 3 aromatic rings. The molecule has 162 valence electrons. The summed E-state index contributed by atoms with van der Waals surface area (Å²) in [5.41, 5.74) is 3.26. The highest BCUT2D eigenvalue weighted by Crippen LogP contribution is 2.37. The summed E-state index contributed by atoms with van der Waals surface area (Å²) in [4.78, 5) is 16.9. The molecule has 2 N–H and O–H groups in total. The molecule has 0 aliphatic heterocycles. The number of hydrogen-bond donors (Lipinski definition) is 2. The number of hydrogen-bond acceptors (Lipinski definition) is 4. The van der Waals surface area contributed by atoms with Crippen molar-refractivity contribution < 1.29 is 13.2 Å². The quantitative estimate of drug-likeness (QED) is 0.511. The molecular formula is C22H21Cl2N3O3S. The van der Waals surface area contributed by atoms with Crippen LogP contribution in [0.2, 0.25) is 10.0 Å². The predicted molar refractivity (Wildman–Crippen MR) is 124 cm³/mol. The first kappa shape index (κ1) is 23.2. The van der Waals surface area contributed by atoms with Crippen LogP contribution in [0.3, 0.4) is 0 Å². The van der Waals surface area contributed by atoms with Gasteiger partial charge < -0.3 is 5.32 Å². The molecule has 1 heterocycles. The molecule has 0 bridgehead atoms. The lowest BCUT2D eigenvalue weighted by molar-refractivity contribution is 0.0954. The number of pyridine rings is 1. The van der Waals surface area contributed by atoms with Crippen LogP contribution in [0.15, 0.2) is 60.9 Å². The van der Waals surface area contributed by atoms with Crippen LogP contribution in [-0.2, 0) is 23.0 Å². The standard InChI is InChI=1S/C22H21Cl2N3O3S/c1-31(29,30)27-14-16-8-9-18(21(24)20(16)23)17-6-2-3-7-19(17)22(28)26-12-10-15-5-4-11-25-13-15/h2-9,11,13,27H,10,12,14H2,1H3,(H,26,28). The lowest BCUT2D eigenvalue weighted by Gasteiger charge is -2.14. The zero-order valence-corrected chi connectivity index (χ0v) is 19.1. The number of amides is 1. The normalized spacial score (nSPS) is 11.3. The van der Waals surface area contributed by atoms with E-state index in [0.717, 1.165) is 11.8 Å². The van der Waals surface area contributed by atoms with Crippen LogP contribution in [0.25, 0.3) is 11.1 Å². The molecule has 0 saturated heterocycles. The third kappa shape index (κ3) is 6.27. The van der Waals surface area contributed by atoms with Crippen molar-refractivity contribution in [2.75, 3.05) is 12.8 Å². The summed E-state index contributed by atoms with van der Waals surface area (Å²) < 4.78 is 25.1. The smallest absolute Gasteiger partial charge is 0.251 e. The number of halogens is 2. The van der Waals surface area contributed by atoms with Gasteiger partial charge in [-0.2, -0.15) is 0 Å². The highest BCUT2D eigenvalue weighted by Gasteiger charge is 2.18. The van der Waals surface area contributed by atoms with E-state index >= 15 is 0 Å². The molecule has 0 spiro atoms. The van der Waals surface area contributed by atoms with Crippen LogP contribution >= 0.6 is 23.2 Å². The van der Waals surface area contributed by atoms with E-state index in [-0.39, 0.29) is 22.5 Å². The lowest BCUT2D eigenvalue weighted by Crippen LogP contribution is -2.26. The Morgan fingerprint density at radius 1 is 1.00 bits per heavy atom. The van der Waals surface area contributed by atoms with E-state index in [1.54, 1.807) is 42.7 Å². The fourth-order valence-electron chi connectivity index (χ4n) is 3.02. The van der Waals surface area contributed by atoms with Crippen molar-refractivity contribution in [3.63, 3.8) is 0 Å². The minimum absolute atomic E-state index is 0.0220. The summed E-state index contributed by atoms with van der Waals surface area (Å²) >= 11 is 12.9. The highest BCUT2D eigenvalue weighted by atomic mass is 35.5. The number of rotatable bonds is 8. The monoisotopic (exact) mass is 477 g/mol. The Balaban J connectivity index is 1.80. The second-order valence-electron chi connectivity index (χ2n) is 6.91. The van der Waals surface area contributed by atoms with Crippen molar-refractivity contribution in [3.8, 4) is 11.1 Å². The van der Waals surface area contributed by atoms with Crippen LogP contribution in [-0.4, -0.2) is 32.1 Å². The maximum absolute atomic E-state index is 12.8. The Morgan fingerprint density at radius 2 is 1.77 bits per heavy atom. The van der Waals surface area contributed by atoms with Crippen LogP contribution in [0, 0.1) is 0 Å². The molecule has 9 heteroatoms. The molecule has 0 saturated carbocycles. The van der Waals surface area contributed by atoms with Crippen molar-refractivity contribution in [1.82, 2.24) is 15.0 Å². The molecule has 0 aliphatic rings. The van der Waals surface area contributed by atoms with Crippen LogP contribution in [0.4, 0.5) is 0 Å². The van der Waals surface area contributed by atoms with Crippen molar-refractivity contribution >= 4 is 39.1 Å². The molecule has 0 fully saturated rings. The average molecular weight is 478 g/mol. The highest BCUT2D eigenvalue weighted by molar-refractivity contribution is 7.88. The van der Waals surface area contributed by atoms with Crippen LogP contribution < -0.4 is 10.0 Å². The number of benzene rings is 2. The van der Waals surface area contributed by atoms with Gasteiger partial charge in [0.05, 0.1) is 16.3 Å². The second kappa shape index (κ2) is 10.2. The summed E-state index contributed by atoms with van der Waals surface area (Å²) in [5.74, 6) is -0.227. The minimum atomic E-state index is -3.37. The van der Waals surface area contributed by atoms with Gasteiger partial charge in [0, 0.05) is 36.6 Å². The Labute approximate surface area is 191 Å². The first-order valence-electron chi connectivity index (χ1n) is 9.44. The van der Waals surface area contributed by atoms with Gasteiger partial charge in [-0.1, -0.05) is 59.6 Å². The minimum Gasteiger partial charge on any atom is -0.352 e. The van der Waals surface area contributed by atoms with Crippen LogP contribution in [0.1, 0.15) is 21.5 Å². The van der Waals surface area contributed by atoms with E-state index in [0.29, 0.717) is 35.2 Å². The fraction of sp³-hybridized carbons (Fsp3) is 0.182. The molecule has 0 radical (unpaired) electrons. The molecule has 0 unspecified atom stereocenters. The molecule has 1 amide bonds. The van der Waals surface area contributed by atoms with Gasteiger partial charge in [-0.05, 0) is 35.2 Å². The van der Waals surface area contributed by atoms with E-state index in [1.807, 2.05) is 18.2 Å². The van der Waals surface area contributed by atoms with Gasteiger partial charge in [0.25, 0.3) is 5.91 Å². The van der Waals surface area contributed by atoms with E-state index < -0.39 is 10.0 Å². The van der Waals surface area contributed by atoms with E-state index in [1.165, 1.54) is 0 Å². The number of nitrogens with one attached hydrogen (secondary N) is 2. The van der Waals surface area contributed by atoms with E-state index in [4.69, 9.17) is 23.2 Å². The van der Waals surface area contributed by atoms with Gasteiger partial charge in [0.2, 0.25) is 10.0 Å². The van der Waals surface area contributed by atoms with E-state index in [9.17, 15) is 13.2 Å². The molecular weight excluding hydrogens is 457 g/mol. The summed E-state index contributed by atoms with van der Waals surface area (Å²) in [7, 11) is -3.37. The Bertz CT molecular complexity index is 1190. The number of aromatic nitrogens is 1. The van der Waals surface area contributed by atoms with Crippen molar-refractivity contribution in [2.24, 2.45) is 0 Å². The number of nitrogens with zero attached hydrogens (tertiary/aromatic N) is 1. The third-order valence-corrected chi connectivity index (χ3v) is 6.16. The molecule has 0 atom stereocenters. The molecule has 0 aliphatic carbocycles. The second-order valence-corrected chi connectivity index (χ2v) is 9.50. The van der Waals surface area contributed by atoms with E-state index in [2.05, 4.69) is 15.0 Å². The summed E-state index contributed by atoms with van der Waals surface area (Å²) in [5, 5.41) is 3.41. The summed E-state index contributed by atoms with van der Waals surface area (Å²) in [6, 6.07) is 14.3. The Morgan fingerprint density at radius 3 is 2.48 bits per heavy atom. The number of sulfonamides is 1. The topological polar surface area (TPSA) is 88.2 Å². The van der Waals surface area contributed by atoms with Gasteiger partial charge in [-0.3, -0.25) is 9.78 Å². The Kier molecular flexibility index (Phi) is 7.67. The SMILES string of the molecule is CS(=O)(=O)NCc1ccc(-c2ccccc2C(=O)NCCc2cccnc2)c(Cl)c1Cl. The molecule has 2 aromatic carbocycles. The Hall–Kier alpha value is -2.45. The number of carbonyl (C=O) groups is 1. The average Bonchev–Trinajstić information content (AvgIpc) is 2.75. The molecule has 1 aromatic heterocycles. The summed E-state index contributed by atoms with van der Waals surface area (Å²) in [6.07, 6.45) is 5.20. The van der Waals surface area contributed by atoms with Gasteiger partial charge in [0.15, 0.2) is 0 Å². The maximum Gasteiger partial charge on any atom is 0.251 e. The maximum atomic E-state index is 12.8.